The van der Waals surface area contributed by atoms with Crippen molar-refractivity contribution in [2.45, 2.75) is 18.9 Å². The molecule has 1 aliphatic rings. The molecule has 6 nitrogen and oxygen atoms in total. The highest BCUT2D eigenvalue weighted by Gasteiger charge is 2.39. The zero-order valence-electron chi connectivity index (χ0n) is 16.0. The molecule has 2 unspecified atom stereocenters. The van der Waals surface area contributed by atoms with Gasteiger partial charge in [0.25, 0.3) is 5.91 Å². The molecule has 1 aromatic heterocycles. The van der Waals surface area contributed by atoms with Gasteiger partial charge in [0.05, 0.1) is 12.2 Å². The molecule has 29 heavy (non-hydrogen) atoms. The molecular weight excluding hydrogens is 373 g/mol. The molecule has 2 atom stereocenters. The Morgan fingerprint density at radius 3 is 2.66 bits per heavy atom. The molecule has 1 aliphatic heterocycles. The second kappa shape index (κ2) is 7.16. The van der Waals surface area contributed by atoms with Crippen LogP contribution in [0.4, 0.5) is 4.39 Å². The van der Waals surface area contributed by atoms with Crippen LogP contribution in [0.25, 0.3) is 0 Å². The molecule has 0 saturated heterocycles. The first-order valence-electron chi connectivity index (χ1n) is 9.25. The van der Waals surface area contributed by atoms with Gasteiger partial charge in [0, 0.05) is 19.5 Å². The van der Waals surface area contributed by atoms with E-state index in [1.807, 2.05) is 31.2 Å². The standard InChI is InChI=1S/C22H20FN3O3/c1-13-6-5-7-14(10-13)19(15-8-3-4-9-16(15)23)17-12-25(2)22(29)20-21(28)18(27)11-24-26(17)20/h3-11,17,19,28H,12H2,1-2H3. The second-order valence-electron chi connectivity index (χ2n) is 7.32. The summed E-state index contributed by atoms with van der Waals surface area (Å²) in [6.07, 6.45) is 0.985. The molecule has 2 aromatic carbocycles. The molecule has 4 rings (SSSR count). The van der Waals surface area contributed by atoms with E-state index < -0.39 is 29.0 Å². The molecule has 7 heteroatoms. The SMILES string of the molecule is Cc1cccc(C(c2ccccc2F)C2CN(C)C(=O)c3c(O)c(=O)cnn32)c1. The number of aromatic nitrogens is 2. The Bertz CT molecular complexity index is 1160. The number of hydrogen-bond acceptors (Lipinski definition) is 4. The number of carbonyl (C=O) groups excluding carboxylic acids is 1. The van der Waals surface area contributed by atoms with E-state index in [0.29, 0.717) is 5.56 Å². The number of fused-ring (bicyclic) bond motifs is 1. The van der Waals surface area contributed by atoms with Crippen LogP contribution in [0.1, 0.15) is 39.1 Å². The van der Waals surface area contributed by atoms with Crippen molar-refractivity contribution < 1.29 is 14.3 Å². The zero-order valence-corrected chi connectivity index (χ0v) is 16.0. The van der Waals surface area contributed by atoms with Gasteiger partial charge in [0.2, 0.25) is 5.43 Å². The number of hydrogen-bond donors (Lipinski definition) is 1. The molecule has 0 fully saturated rings. The zero-order chi connectivity index (χ0) is 20.7. The molecule has 1 amide bonds. The Labute approximate surface area is 166 Å². The Balaban J connectivity index is 1.98. The number of likely N-dealkylation sites (N-methyl/N-ethyl adjacent to an activating group) is 1. The summed E-state index contributed by atoms with van der Waals surface area (Å²) in [5.74, 6) is -2.00. The number of aryl methyl sites for hydroxylation is 1. The average Bonchev–Trinajstić information content (AvgIpc) is 2.69. The molecule has 0 radical (unpaired) electrons. The van der Waals surface area contributed by atoms with Gasteiger partial charge in [0.1, 0.15) is 5.82 Å². The van der Waals surface area contributed by atoms with Crippen LogP contribution < -0.4 is 5.43 Å². The minimum Gasteiger partial charge on any atom is -0.502 e. The fourth-order valence-corrected chi connectivity index (χ4v) is 3.98. The van der Waals surface area contributed by atoms with Gasteiger partial charge < -0.3 is 10.0 Å². The summed E-state index contributed by atoms with van der Waals surface area (Å²) in [5.41, 5.74) is 1.42. The summed E-state index contributed by atoms with van der Waals surface area (Å²) in [6.45, 7) is 2.20. The van der Waals surface area contributed by atoms with Crippen LogP contribution in [-0.4, -0.2) is 39.3 Å². The van der Waals surface area contributed by atoms with Gasteiger partial charge in [-0.25, -0.2) is 4.39 Å². The molecule has 3 aromatic rings. The number of amides is 1. The van der Waals surface area contributed by atoms with E-state index in [1.54, 1.807) is 25.2 Å². The largest absolute Gasteiger partial charge is 0.502 e. The lowest BCUT2D eigenvalue weighted by molar-refractivity contribution is 0.0685. The summed E-state index contributed by atoms with van der Waals surface area (Å²) in [5, 5.41) is 14.4. The van der Waals surface area contributed by atoms with Crippen LogP contribution in [-0.2, 0) is 0 Å². The van der Waals surface area contributed by atoms with Gasteiger partial charge in [-0.1, -0.05) is 48.0 Å². The fourth-order valence-electron chi connectivity index (χ4n) is 3.98. The van der Waals surface area contributed by atoms with E-state index in [4.69, 9.17) is 0 Å². The molecule has 1 N–H and O–H groups in total. The summed E-state index contributed by atoms with van der Waals surface area (Å²) in [7, 11) is 1.59. The first kappa shape index (κ1) is 18.9. The van der Waals surface area contributed by atoms with Crippen molar-refractivity contribution in [1.82, 2.24) is 14.7 Å². The maximum absolute atomic E-state index is 14.9. The highest BCUT2D eigenvalue weighted by Crippen LogP contribution is 2.40. The Morgan fingerprint density at radius 1 is 1.17 bits per heavy atom. The highest BCUT2D eigenvalue weighted by atomic mass is 19.1. The van der Waals surface area contributed by atoms with Crippen molar-refractivity contribution >= 4 is 5.91 Å². The topological polar surface area (TPSA) is 75.4 Å². The third-order valence-electron chi connectivity index (χ3n) is 5.34. The van der Waals surface area contributed by atoms with Crippen LogP contribution >= 0.6 is 0 Å². The third kappa shape index (κ3) is 3.18. The van der Waals surface area contributed by atoms with Crippen LogP contribution in [0, 0.1) is 12.7 Å². The first-order valence-corrected chi connectivity index (χ1v) is 9.25. The van der Waals surface area contributed by atoms with Gasteiger partial charge in [-0.05, 0) is 24.1 Å². The van der Waals surface area contributed by atoms with Crippen molar-refractivity contribution in [2.75, 3.05) is 13.6 Å². The van der Waals surface area contributed by atoms with E-state index in [1.165, 1.54) is 15.6 Å². The Morgan fingerprint density at radius 2 is 1.93 bits per heavy atom. The highest BCUT2D eigenvalue weighted by molar-refractivity contribution is 5.95. The normalized spacial score (nSPS) is 17.1. The van der Waals surface area contributed by atoms with Crippen LogP contribution in [0.2, 0.25) is 0 Å². The number of halogens is 1. The van der Waals surface area contributed by atoms with E-state index in [0.717, 1.165) is 17.3 Å². The van der Waals surface area contributed by atoms with Gasteiger partial charge in [-0.2, -0.15) is 5.10 Å². The fraction of sp³-hybridized carbons (Fsp3) is 0.227. The minimum atomic E-state index is -0.725. The monoisotopic (exact) mass is 393 g/mol. The third-order valence-corrected chi connectivity index (χ3v) is 5.34. The van der Waals surface area contributed by atoms with Crippen molar-refractivity contribution in [3.8, 4) is 5.75 Å². The van der Waals surface area contributed by atoms with E-state index in [-0.39, 0.29) is 18.1 Å². The lowest BCUT2D eigenvalue weighted by Gasteiger charge is -2.37. The van der Waals surface area contributed by atoms with E-state index >= 15 is 0 Å². The van der Waals surface area contributed by atoms with Crippen molar-refractivity contribution in [2.24, 2.45) is 0 Å². The van der Waals surface area contributed by atoms with Crippen LogP contribution in [0.3, 0.4) is 0 Å². The average molecular weight is 393 g/mol. The lowest BCUT2D eigenvalue weighted by atomic mass is 9.83. The molecule has 0 spiro atoms. The molecule has 0 saturated carbocycles. The van der Waals surface area contributed by atoms with Crippen LogP contribution in [0.5, 0.6) is 5.75 Å². The molecule has 2 heterocycles. The lowest BCUT2D eigenvalue weighted by Crippen LogP contribution is -2.45. The molecule has 0 bridgehead atoms. The predicted octanol–water partition coefficient (Wildman–Crippen LogP) is 2.86. The Hall–Kier alpha value is -3.48. The van der Waals surface area contributed by atoms with Crippen molar-refractivity contribution in [1.29, 1.82) is 0 Å². The minimum absolute atomic E-state index is 0.176. The number of benzene rings is 2. The molecular formula is C22H20FN3O3. The van der Waals surface area contributed by atoms with Gasteiger partial charge in [-0.3, -0.25) is 14.3 Å². The Kier molecular flexibility index (Phi) is 4.66. The maximum Gasteiger partial charge on any atom is 0.275 e. The number of carbonyl (C=O) groups is 1. The smallest absolute Gasteiger partial charge is 0.275 e. The van der Waals surface area contributed by atoms with Gasteiger partial charge >= 0.3 is 0 Å². The first-order chi connectivity index (χ1) is 13.9. The van der Waals surface area contributed by atoms with Gasteiger partial charge in [-0.15, -0.1) is 0 Å². The summed E-state index contributed by atoms with van der Waals surface area (Å²) < 4.78 is 16.2. The predicted molar refractivity (Wildman–Crippen MR) is 106 cm³/mol. The molecule has 148 valence electrons. The van der Waals surface area contributed by atoms with Crippen molar-refractivity contribution in [3.63, 3.8) is 0 Å². The van der Waals surface area contributed by atoms with Gasteiger partial charge in [0.15, 0.2) is 11.4 Å². The van der Waals surface area contributed by atoms with E-state index in [9.17, 15) is 19.1 Å². The van der Waals surface area contributed by atoms with E-state index in [2.05, 4.69) is 5.10 Å². The maximum atomic E-state index is 14.9. The quantitative estimate of drug-likeness (QED) is 0.743. The second-order valence-corrected chi connectivity index (χ2v) is 7.32. The van der Waals surface area contributed by atoms with Crippen LogP contribution in [0.15, 0.2) is 59.5 Å². The number of rotatable bonds is 3. The number of aromatic hydroxyl groups is 1. The van der Waals surface area contributed by atoms with Crippen molar-refractivity contribution in [3.05, 3.63) is 93.2 Å². The number of nitrogens with zero attached hydrogens (tertiary/aromatic N) is 3. The molecule has 0 aliphatic carbocycles. The summed E-state index contributed by atoms with van der Waals surface area (Å²) in [4.78, 5) is 26.0. The summed E-state index contributed by atoms with van der Waals surface area (Å²) >= 11 is 0. The summed E-state index contributed by atoms with van der Waals surface area (Å²) in [6, 6.07) is 13.7.